The average molecular weight is 325 g/mol. The standard InChI is InChI=1S/C20H23NO3/c1-14-13-21(17-9-11-18(24-3)12-10-17)19(22)15(2)20(14,23)16-7-5-4-6-8-16/h4-12,14-15,23H,13H2,1-3H3/t14-,15+,20-/m1/s1. The first-order valence-corrected chi connectivity index (χ1v) is 8.21. The molecule has 1 aliphatic rings. The van der Waals surface area contributed by atoms with Crippen molar-refractivity contribution in [1.29, 1.82) is 0 Å². The van der Waals surface area contributed by atoms with Crippen molar-refractivity contribution in [3.05, 3.63) is 60.2 Å². The van der Waals surface area contributed by atoms with Gasteiger partial charge in [0.05, 0.1) is 13.0 Å². The van der Waals surface area contributed by atoms with Crippen molar-refractivity contribution in [1.82, 2.24) is 0 Å². The summed E-state index contributed by atoms with van der Waals surface area (Å²) < 4.78 is 5.17. The molecular formula is C20H23NO3. The topological polar surface area (TPSA) is 49.8 Å². The van der Waals surface area contributed by atoms with Gasteiger partial charge in [0.1, 0.15) is 11.4 Å². The average Bonchev–Trinajstić information content (AvgIpc) is 2.64. The lowest BCUT2D eigenvalue weighted by Crippen LogP contribution is -2.57. The number of carbonyl (C=O) groups is 1. The van der Waals surface area contributed by atoms with Crippen LogP contribution in [0.2, 0.25) is 0 Å². The summed E-state index contributed by atoms with van der Waals surface area (Å²) in [4.78, 5) is 14.7. The number of nitrogens with zero attached hydrogens (tertiary/aromatic N) is 1. The second-order valence-electron chi connectivity index (χ2n) is 6.46. The molecular weight excluding hydrogens is 302 g/mol. The maximum absolute atomic E-state index is 12.9. The largest absolute Gasteiger partial charge is 0.497 e. The van der Waals surface area contributed by atoms with Crippen molar-refractivity contribution in [3.63, 3.8) is 0 Å². The predicted octanol–water partition coefficient (Wildman–Crippen LogP) is 3.20. The first kappa shape index (κ1) is 16.5. The zero-order valence-electron chi connectivity index (χ0n) is 14.3. The Morgan fingerprint density at radius 2 is 1.71 bits per heavy atom. The Bertz CT molecular complexity index is 713. The number of hydrogen-bond donors (Lipinski definition) is 1. The van der Waals surface area contributed by atoms with Gasteiger partial charge in [0.15, 0.2) is 0 Å². The third kappa shape index (κ3) is 2.57. The normalized spacial score (nSPS) is 27.2. The van der Waals surface area contributed by atoms with E-state index in [2.05, 4.69) is 0 Å². The molecule has 3 rings (SSSR count). The number of methoxy groups -OCH3 is 1. The van der Waals surface area contributed by atoms with E-state index in [1.54, 1.807) is 12.0 Å². The maximum Gasteiger partial charge on any atom is 0.233 e. The van der Waals surface area contributed by atoms with Crippen LogP contribution < -0.4 is 9.64 Å². The Kier molecular flexibility index (Phi) is 4.33. The van der Waals surface area contributed by atoms with Crippen LogP contribution in [0.5, 0.6) is 5.75 Å². The summed E-state index contributed by atoms with van der Waals surface area (Å²) in [5.74, 6) is 0.0789. The number of rotatable bonds is 3. The number of aliphatic hydroxyl groups is 1. The van der Waals surface area contributed by atoms with Crippen LogP contribution in [-0.4, -0.2) is 24.7 Å². The van der Waals surface area contributed by atoms with Crippen molar-refractivity contribution < 1.29 is 14.6 Å². The van der Waals surface area contributed by atoms with Crippen molar-refractivity contribution in [2.75, 3.05) is 18.6 Å². The fraction of sp³-hybridized carbons (Fsp3) is 0.350. The van der Waals surface area contributed by atoms with E-state index in [0.29, 0.717) is 6.54 Å². The van der Waals surface area contributed by atoms with Crippen LogP contribution in [-0.2, 0) is 10.4 Å². The number of anilines is 1. The molecule has 24 heavy (non-hydrogen) atoms. The Morgan fingerprint density at radius 1 is 1.08 bits per heavy atom. The molecule has 2 aromatic carbocycles. The number of hydrogen-bond acceptors (Lipinski definition) is 3. The van der Waals surface area contributed by atoms with E-state index in [-0.39, 0.29) is 11.8 Å². The molecule has 0 aromatic heterocycles. The molecule has 1 saturated heterocycles. The molecule has 1 N–H and O–H groups in total. The molecule has 1 aliphatic heterocycles. The minimum atomic E-state index is -1.15. The Hall–Kier alpha value is -2.33. The van der Waals surface area contributed by atoms with E-state index >= 15 is 0 Å². The minimum absolute atomic E-state index is 0.0652. The van der Waals surface area contributed by atoms with Crippen LogP contribution in [0.3, 0.4) is 0 Å². The van der Waals surface area contributed by atoms with Gasteiger partial charge in [-0.3, -0.25) is 4.79 Å². The molecule has 3 atom stereocenters. The molecule has 0 aliphatic carbocycles. The number of benzene rings is 2. The number of amides is 1. The molecule has 4 nitrogen and oxygen atoms in total. The SMILES string of the molecule is COc1ccc(N2C[C@@H](C)[C@](O)(c3ccccc3)[C@@H](C)C2=O)cc1. The molecule has 0 bridgehead atoms. The fourth-order valence-electron chi connectivity index (χ4n) is 3.59. The summed E-state index contributed by atoms with van der Waals surface area (Å²) in [7, 11) is 1.62. The van der Waals surface area contributed by atoms with E-state index in [1.165, 1.54) is 0 Å². The molecule has 0 spiro atoms. The van der Waals surface area contributed by atoms with Gasteiger partial charge in [-0.25, -0.2) is 0 Å². The highest BCUT2D eigenvalue weighted by molar-refractivity contribution is 5.96. The quantitative estimate of drug-likeness (QED) is 0.943. The van der Waals surface area contributed by atoms with E-state index in [9.17, 15) is 9.90 Å². The highest BCUT2D eigenvalue weighted by Crippen LogP contribution is 2.43. The molecule has 2 aromatic rings. The Balaban J connectivity index is 1.93. The summed E-state index contributed by atoms with van der Waals surface area (Å²) in [5.41, 5.74) is 0.476. The van der Waals surface area contributed by atoms with Crippen LogP contribution in [0.4, 0.5) is 5.69 Å². The van der Waals surface area contributed by atoms with Gasteiger partial charge >= 0.3 is 0 Å². The number of ether oxygens (including phenoxy) is 1. The van der Waals surface area contributed by atoms with Crippen LogP contribution in [0.15, 0.2) is 54.6 Å². The maximum atomic E-state index is 12.9. The van der Waals surface area contributed by atoms with Crippen LogP contribution in [0, 0.1) is 11.8 Å². The number of piperidine rings is 1. The molecule has 1 fully saturated rings. The van der Waals surface area contributed by atoms with Gasteiger partial charge in [0.25, 0.3) is 0 Å². The third-order valence-corrected chi connectivity index (χ3v) is 5.12. The fourth-order valence-corrected chi connectivity index (χ4v) is 3.59. The van der Waals surface area contributed by atoms with E-state index in [1.807, 2.05) is 68.4 Å². The first-order chi connectivity index (χ1) is 11.5. The summed E-state index contributed by atoms with van der Waals surface area (Å²) >= 11 is 0. The highest BCUT2D eigenvalue weighted by atomic mass is 16.5. The summed E-state index contributed by atoms with van der Waals surface area (Å²) in [6.45, 7) is 4.27. The third-order valence-electron chi connectivity index (χ3n) is 5.12. The highest BCUT2D eigenvalue weighted by Gasteiger charge is 2.50. The van der Waals surface area contributed by atoms with Gasteiger partial charge in [0, 0.05) is 18.2 Å². The Labute approximate surface area is 142 Å². The second kappa shape index (κ2) is 6.29. The lowest BCUT2D eigenvalue weighted by Gasteiger charge is -2.47. The van der Waals surface area contributed by atoms with Crippen molar-refractivity contribution in [2.45, 2.75) is 19.4 Å². The molecule has 1 amide bonds. The van der Waals surface area contributed by atoms with E-state index in [0.717, 1.165) is 17.0 Å². The molecule has 0 saturated carbocycles. The van der Waals surface area contributed by atoms with Gasteiger partial charge < -0.3 is 14.7 Å². The van der Waals surface area contributed by atoms with Gasteiger partial charge in [-0.1, -0.05) is 44.2 Å². The first-order valence-electron chi connectivity index (χ1n) is 8.21. The molecule has 126 valence electrons. The van der Waals surface area contributed by atoms with E-state index < -0.39 is 11.5 Å². The van der Waals surface area contributed by atoms with Crippen molar-refractivity contribution >= 4 is 11.6 Å². The zero-order valence-corrected chi connectivity index (χ0v) is 14.3. The summed E-state index contributed by atoms with van der Waals surface area (Å²) in [5, 5.41) is 11.3. The number of carbonyl (C=O) groups excluding carboxylic acids is 1. The van der Waals surface area contributed by atoms with Crippen LogP contribution in [0.25, 0.3) is 0 Å². The van der Waals surface area contributed by atoms with Gasteiger partial charge in [-0.05, 0) is 29.8 Å². The summed E-state index contributed by atoms with van der Waals surface area (Å²) in [6, 6.07) is 16.9. The lowest BCUT2D eigenvalue weighted by atomic mass is 9.70. The summed E-state index contributed by atoms with van der Waals surface area (Å²) in [6.07, 6.45) is 0. The monoisotopic (exact) mass is 325 g/mol. The van der Waals surface area contributed by atoms with Gasteiger partial charge in [0.2, 0.25) is 5.91 Å². The van der Waals surface area contributed by atoms with Gasteiger partial charge in [-0.15, -0.1) is 0 Å². The second-order valence-corrected chi connectivity index (χ2v) is 6.46. The lowest BCUT2D eigenvalue weighted by molar-refractivity contribution is -0.143. The molecule has 0 radical (unpaired) electrons. The van der Waals surface area contributed by atoms with Crippen molar-refractivity contribution in [2.24, 2.45) is 11.8 Å². The van der Waals surface area contributed by atoms with Gasteiger partial charge in [-0.2, -0.15) is 0 Å². The Morgan fingerprint density at radius 3 is 2.29 bits per heavy atom. The predicted molar refractivity (Wildman–Crippen MR) is 94.0 cm³/mol. The van der Waals surface area contributed by atoms with E-state index in [4.69, 9.17) is 4.74 Å². The van der Waals surface area contributed by atoms with Crippen molar-refractivity contribution in [3.8, 4) is 5.75 Å². The van der Waals surface area contributed by atoms with Crippen LogP contribution >= 0.6 is 0 Å². The minimum Gasteiger partial charge on any atom is -0.497 e. The molecule has 1 heterocycles. The van der Waals surface area contributed by atoms with Crippen LogP contribution in [0.1, 0.15) is 19.4 Å². The molecule has 4 heteroatoms. The molecule has 0 unspecified atom stereocenters. The smallest absolute Gasteiger partial charge is 0.233 e. The zero-order chi connectivity index (χ0) is 17.3.